The normalized spacial score (nSPS) is 10.9. The van der Waals surface area contributed by atoms with Crippen LogP contribution in [0.1, 0.15) is 31.9 Å². The first-order chi connectivity index (χ1) is 12.7. The quantitative estimate of drug-likeness (QED) is 0.810. The third-order valence-corrected chi connectivity index (χ3v) is 3.64. The molecule has 27 heavy (non-hydrogen) atoms. The highest BCUT2D eigenvalue weighted by molar-refractivity contribution is 5.92. The molecule has 6 heteroatoms. The summed E-state index contributed by atoms with van der Waals surface area (Å²) in [6.45, 7) is 7.33. The van der Waals surface area contributed by atoms with E-state index in [-0.39, 0.29) is 12.3 Å². The van der Waals surface area contributed by atoms with Crippen LogP contribution < -0.4 is 15.4 Å². The smallest absolute Gasteiger partial charge is 0.412 e. The molecule has 0 aromatic heterocycles. The maximum absolute atomic E-state index is 12.2. The molecule has 0 saturated heterocycles. The Kier molecular flexibility index (Phi) is 6.45. The predicted octanol–water partition coefficient (Wildman–Crippen LogP) is 4.53. The molecule has 6 nitrogen and oxygen atoms in total. The summed E-state index contributed by atoms with van der Waals surface area (Å²) < 4.78 is 10.4. The van der Waals surface area contributed by atoms with Crippen molar-refractivity contribution in [2.24, 2.45) is 0 Å². The summed E-state index contributed by atoms with van der Waals surface area (Å²) in [6.07, 6.45) is -0.277. The fourth-order valence-corrected chi connectivity index (χ4v) is 2.47. The van der Waals surface area contributed by atoms with Crippen LogP contribution in [0.4, 0.5) is 16.2 Å². The number of hydrogen-bond donors (Lipinski definition) is 2. The van der Waals surface area contributed by atoms with Crippen LogP contribution in [0.25, 0.3) is 0 Å². The third-order valence-electron chi connectivity index (χ3n) is 3.64. The molecule has 0 saturated carbocycles. The molecular weight excluding hydrogens is 344 g/mol. The van der Waals surface area contributed by atoms with Crippen molar-refractivity contribution in [2.45, 2.75) is 39.7 Å². The van der Waals surface area contributed by atoms with Gasteiger partial charge in [-0.25, -0.2) is 4.79 Å². The van der Waals surface area contributed by atoms with Gasteiger partial charge in [0, 0.05) is 11.4 Å². The average molecular weight is 370 g/mol. The molecule has 0 radical (unpaired) electrons. The zero-order chi connectivity index (χ0) is 20.0. The second kappa shape index (κ2) is 8.58. The first-order valence-electron chi connectivity index (χ1n) is 8.70. The molecule has 0 aliphatic carbocycles. The van der Waals surface area contributed by atoms with Crippen molar-refractivity contribution in [3.8, 4) is 5.75 Å². The van der Waals surface area contributed by atoms with Crippen LogP contribution in [-0.2, 0) is 16.0 Å². The Morgan fingerprint density at radius 3 is 2.15 bits per heavy atom. The van der Waals surface area contributed by atoms with Crippen LogP contribution in [0, 0.1) is 6.92 Å². The summed E-state index contributed by atoms with van der Waals surface area (Å²) in [5.74, 6) is 0.661. The van der Waals surface area contributed by atoms with Crippen molar-refractivity contribution in [3.05, 3.63) is 53.6 Å². The number of nitrogens with one attached hydrogen (secondary N) is 2. The van der Waals surface area contributed by atoms with E-state index in [1.54, 1.807) is 58.2 Å². The standard InChI is InChI=1S/C21H26N2O4/c1-14-12-17(10-11-18(14)26-5)22-19(24)13-15-6-8-16(9-7-15)23-20(25)27-21(2,3)4/h6-12H,13H2,1-5H3,(H,22,24)(H,23,25). The lowest BCUT2D eigenvalue weighted by Gasteiger charge is -2.19. The summed E-state index contributed by atoms with van der Waals surface area (Å²) in [6, 6.07) is 12.6. The minimum atomic E-state index is -0.554. The highest BCUT2D eigenvalue weighted by Crippen LogP contribution is 2.21. The molecule has 2 rings (SSSR count). The van der Waals surface area contributed by atoms with Gasteiger partial charge in [-0.1, -0.05) is 12.1 Å². The van der Waals surface area contributed by atoms with Crippen molar-refractivity contribution < 1.29 is 19.1 Å². The van der Waals surface area contributed by atoms with Gasteiger partial charge < -0.3 is 14.8 Å². The van der Waals surface area contributed by atoms with Gasteiger partial charge >= 0.3 is 6.09 Å². The van der Waals surface area contributed by atoms with Crippen molar-refractivity contribution in [1.82, 2.24) is 0 Å². The second-order valence-corrected chi connectivity index (χ2v) is 7.23. The average Bonchev–Trinajstić information content (AvgIpc) is 2.55. The van der Waals surface area contributed by atoms with Crippen LogP contribution >= 0.6 is 0 Å². The summed E-state index contributed by atoms with van der Waals surface area (Å²) in [5, 5.41) is 5.53. The molecule has 2 aromatic rings. The Morgan fingerprint density at radius 2 is 1.59 bits per heavy atom. The van der Waals surface area contributed by atoms with Crippen LogP contribution in [0.5, 0.6) is 5.75 Å². The van der Waals surface area contributed by atoms with Crippen molar-refractivity contribution >= 4 is 23.4 Å². The molecule has 0 bridgehead atoms. The Bertz CT molecular complexity index is 808. The highest BCUT2D eigenvalue weighted by atomic mass is 16.6. The lowest BCUT2D eigenvalue weighted by molar-refractivity contribution is -0.115. The largest absolute Gasteiger partial charge is 0.496 e. The van der Waals surface area contributed by atoms with Crippen LogP contribution in [-0.4, -0.2) is 24.7 Å². The molecule has 144 valence electrons. The second-order valence-electron chi connectivity index (χ2n) is 7.23. The van der Waals surface area contributed by atoms with E-state index in [0.717, 1.165) is 22.6 Å². The maximum atomic E-state index is 12.2. The van der Waals surface area contributed by atoms with Gasteiger partial charge in [-0.05, 0) is 69.2 Å². The third kappa shape index (κ3) is 6.66. The molecule has 0 atom stereocenters. The Balaban J connectivity index is 1.91. The summed E-state index contributed by atoms with van der Waals surface area (Å²) in [4.78, 5) is 24.0. The minimum absolute atomic E-state index is 0.118. The molecule has 0 spiro atoms. The molecule has 0 heterocycles. The molecule has 2 N–H and O–H groups in total. The number of benzene rings is 2. The number of anilines is 2. The van der Waals surface area contributed by atoms with Gasteiger partial charge in [0.05, 0.1) is 13.5 Å². The van der Waals surface area contributed by atoms with E-state index in [0.29, 0.717) is 5.69 Å². The van der Waals surface area contributed by atoms with Gasteiger partial charge in [-0.3, -0.25) is 10.1 Å². The van der Waals surface area contributed by atoms with Crippen molar-refractivity contribution in [2.75, 3.05) is 17.7 Å². The first-order valence-corrected chi connectivity index (χ1v) is 8.70. The number of hydrogen-bond acceptors (Lipinski definition) is 4. The number of carbonyl (C=O) groups excluding carboxylic acids is 2. The van der Waals surface area contributed by atoms with Gasteiger partial charge in [0.15, 0.2) is 0 Å². The number of rotatable bonds is 5. The molecule has 0 aliphatic heterocycles. The lowest BCUT2D eigenvalue weighted by Crippen LogP contribution is -2.27. The summed E-state index contributed by atoms with van der Waals surface area (Å²) in [5.41, 5.74) is 2.57. The molecule has 2 amide bonds. The molecule has 2 aromatic carbocycles. The van der Waals surface area contributed by atoms with Gasteiger partial charge in [0.1, 0.15) is 11.4 Å². The fourth-order valence-electron chi connectivity index (χ4n) is 2.47. The Hall–Kier alpha value is -3.02. The summed E-state index contributed by atoms with van der Waals surface area (Å²) in [7, 11) is 1.61. The van der Waals surface area contributed by atoms with Crippen LogP contribution in [0.15, 0.2) is 42.5 Å². The summed E-state index contributed by atoms with van der Waals surface area (Å²) >= 11 is 0. The zero-order valence-corrected chi connectivity index (χ0v) is 16.4. The van der Waals surface area contributed by atoms with E-state index < -0.39 is 11.7 Å². The van der Waals surface area contributed by atoms with Crippen molar-refractivity contribution in [1.29, 1.82) is 0 Å². The number of methoxy groups -OCH3 is 1. The fraction of sp³-hybridized carbons (Fsp3) is 0.333. The molecule has 0 aliphatic rings. The molecular formula is C21H26N2O4. The number of carbonyl (C=O) groups is 2. The zero-order valence-electron chi connectivity index (χ0n) is 16.4. The van der Waals surface area contributed by atoms with Gasteiger partial charge in [-0.15, -0.1) is 0 Å². The van der Waals surface area contributed by atoms with Crippen LogP contribution in [0.2, 0.25) is 0 Å². The lowest BCUT2D eigenvalue weighted by atomic mass is 10.1. The number of aryl methyl sites for hydroxylation is 1. The number of amides is 2. The van der Waals surface area contributed by atoms with E-state index in [1.165, 1.54) is 0 Å². The van der Waals surface area contributed by atoms with Crippen LogP contribution in [0.3, 0.4) is 0 Å². The monoisotopic (exact) mass is 370 g/mol. The Labute approximate surface area is 159 Å². The van der Waals surface area contributed by atoms with Gasteiger partial charge in [-0.2, -0.15) is 0 Å². The molecule has 0 unspecified atom stereocenters. The van der Waals surface area contributed by atoms with E-state index >= 15 is 0 Å². The topological polar surface area (TPSA) is 76.7 Å². The predicted molar refractivity (Wildman–Crippen MR) is 106 cm³/mol. The maximum Gasteiger partial charge on any atom is 0.412 e. The van der Waals surface area contributed by atoms with Gasteiger partial charge in [0.25, 0.3) is 0 Å². The van der Waals surface area contributed by atoms with E-state index in [1.807, 2.05) is 19.1 Å². The number of ether oxygens (including phenoxy) is 2. The minimum Gasteiger partial charge on any atom is -0.496 e. The van der Waals surface area contributed by atoms with Crippen molar-refractivity contribution in [3.63, 3.8) is 0 Å². The van der Waals surface area contributed by atoms with E-state index in [4.69, 9.17) is 9.47 Å². The first kappa shape index (κ1) is 20.3. The SMILES string of the molecule is COc1ccc(NC(=O)Cc2ccc(NC(=O)OC(C)(C)C)cc2)cc1C. The highest BCUT2D eigenvalue weighted by Gasteiger charge is 2.16. The van der Waals surface area contributed by atoms with E-state index in [2.05, 4.69) is 10.6 Å². The van der Waals surface area contributed by atoms with E-state index in [9.17, 15) is 9.59 Å². The molecule has 0 fully saturated rings. The Morgan fingerprint density at radius 1 is 0.963 bits per heavy atom. The van der Waals surface area contributed by atoms with Gasteiger partial charge in [0.2, 0.25) is 5.91 Å².